The van der Waals surface area contributed by atoms with Crippen molar-refractivity contribution in [3.63, 3.8) is 0 Å². The second-order valence-corrected chi connectivity index (χ2v) is 9.64. The van der Waals surface area contributed by atoms with E-state index in [2.05, 4.69) is 14.6 Å². The van der Waals surface area contributed by atoms with Gasteiger partial charge in [0.05, 0.1) is 11.3 Å². The Kier molecular flexibility index (Phi) is 7.39. The van der Waals surface area contributed by atoms with Gasteiger partial charge >= 0.3 is 5.97 Å². The van der Waals surface area contributed by atoms with Gasteiger partial charge < -0.3 is 14.5 Å². The molecule has 4 rings (SSSR count). The average Bonchev–Trinajstić information content (AvgIpc) is 2.87. The van der Waals surface area contributed by atoms with Crippen LogP contribution in [-0.4, -0.2) is 69.5 Å². The summed E-state index contributed by atoms with van der Waals surface area (Å²) >= 11 is 0. The maximum absolute atomic E-state index is 12.5. The summed E-state index contributed by atoms with van der Waals surface area (Å²) in [6, 6.07) is 18.0. The molecule has 9 nitrogen and oxygen atoms in total. The van der Waals surface area contributed by atoms with E-state index < -0.39 is 16.0 Å². The lowest BCUT2D eigenvalue weighted by molar-refractivity contribution is -0.152. The molecule has 0 aliphatic carbocycles. The Hall–Kier alpha value is -3.50. The molecule has 0 unspecified atom stereocenters. The number of nitrogens with zero attached hydrogens (tertiary/aromatic N) is 3. The molecule has 1 amide bonds. The summed E-state index contributed by atoms with van der Waals surface area (Å²) < 4.78 is 32.5. The van der Waals surface area contributed by atoms with Crippen LogP contribution in [0, 0.1) is 0 Å². The SMILES string of the molecule is O=C(CCNS(=O)(=O)c1ccc2ccccc2c1)OCC(=O)N1CCN(c2ccccn2)CC1. The Balaban J connectivity index is 1.19. The Labute approximate surface area is 198 Å². The highest BCUT2D eigenvalue weighted by Crippen LogP contribution is 2.19. The number of hydrogen-bond donors (Lipinski definition) is 1. The van der Waals surface area contributed by atoms with Crippen LogP contribution in [0.3, 0.4) is 0 Å². The largest absolute Gasteiger partial charge is 0.456 e. The number of piperazine rings is 1. The third-order valence-electron chi connectivity index (χ3n) is 5.61. The van der Waals surface area contributed by atoms with Crippen LogP contribution in [0.2, 0.25) is 0 Å². The molecule has 1 N–H and O–H groups in total. The summed E-state index contributed by atoms with van der Waals surface area (Å²) in [6.07, 6.45) is 1.56. The standard InChI is InChI=1S/C24H26N4O5S/c29-23(28-15-13-27(14-16-28)22-7-3-4-11-25-22)18-33-24(30)10-12-26-34(31,32)21-9-8-19-5-1-2-6-20(19)17-21/h1-9,11,17,26H,10,12-16,18H2. The summed E-state index contributed by atoms with van der Waals surface area (Å²) in [6.45, 7) is 1.84. The molecule has 0 bridgehead atoms. The van der Waals surface area contributed by atoms with Crippen molar-refractivity contribution in [2.75, 3.05) is 44.2 Å². The molecule has 1 fully saturated rings. The van der Waals surface area contributed by atoms with Crippen molar-refractivity contribution < 1.29 is 22.7 Å². The molecule has 10 heteroatoms. The zero-order valence-electron chi connectivity index (χ0n) is 18.6. The Morgan fingerprint density at radius 2 is 1.68 bits per heavy atom. The first-order chi connectivity index (χ1) is 16.4. The molecule has 34 heavy (non-hydrogen) atoms. The number of esters is 1. The highest BCUT2D eigenvalue weighted by molar-refractivity contribution is 7.89. The van der Waals surface area contributed by atoms with Crippen molar-refractivity contribution in [2.45, 2.75) is 11.3 Å². The van der Waals surface area contributed by atoms with Crippen molar-refractivity contribution in [3.05, 3.63) is 66.9 Å². The van der Waals surface area contributed by atoms with E-state index in [-0.39, 0.29) is 30.4 Å². The van der Waals surface area contributed by atoms with Gasteiger partial charge in [0.1, 0.15) is 5.82 Å². The van der Waals surface area contributed by atoms with Crippen LogP contribution in [0.1, 0.15) is 6.42 Å². The molecule has 0 atom stereocenters. The van der Waals surface area contributed by atoms with Crippen molar-refractivity contribution in [1.29, 1.82) is 0 Å². The molecule has 2 aromatic carbocycles. The van der Waals surface area contributed by atoms with E-state index in [0.29, 0.717) is 26.2 Å². The average molecular weight is 483 g/mol. The zero-order valence-corrected chi connectivity index (χ0v) is 19.4. The number of amides is 1. The molecule has 0 radical (unpaired) electrons. The van der Waals surface area contributed by atoms with Gasteiger partial charge in [-0.2, -0.15) is 0 Å². The number of aromatic nitrogens is 1. The molecule has 1 aromatic heterocycles. The minimum absolute atomic E-state index is 0.120. The van der Waals surface area contributed by atoms with Crippen LogP contribution in [-0.2, 0) is 24.3 Å². The number of ether oxygens (including phenoxy) is 1. The van der Waals surface area contributed by atoms with Gasteiger partial charge in [0, 0.05) is 38.9 Å². The zero-order chi connectivity index (χ0) is 24.0. The summed E-state index contributed by atoms with van der Waals surface area (Å²) in [4.78, 5) is 32.6. The lowest BCUT2D eigenvalue weighted by atomic mass is 10.1. The van der Waals surface area contributed by atoms with Gasteiger partial charge in [-0.3, -0.25) is 9.59 Å². The third-order valence-corrected chi connectivity index (χ3v) is 7.07. The molecular formula is C24H26N4O5S. The molecule has 3 aromatic rings. The maximum atomic E-state index is 12.5. The summed E-state index contributed by atoms with van der Waals surface area (Å²) in [7, 11) is -3.77. The molecule has 1 aliphatic heterocycles. The van der Waals surface area contributed by atoms with Gasteiger partial charge in [-0.05, 0) is 35.0 Å². The number of nitrogens with one attached hydrogen (secondary N) is 1. The topological polar surface area (TPSA) is 109 Å². The summed E-state index contributed by atoms with van der Waals surface area (Å²) in [5.74, 6) is -0.0420. The van der Waals surface area contributed by atoms with E-state index in [1.807, 2.05) is 42.5 Å². The van der Waals surface area contributed by atoms with E-state index >= 15 is 0 Å². The van der Waals surface area contributed by atoms with E-state index in [1.165, 1.54) is 6.07 Å². The highest BCUT2D eigenvalue weighted by atomic mass is 32.2. The molecule has 178 valence electrons. The molecule has 0 saturated carbocycles. The van der Waals surface area contributed by atoms with Gasteiger partial charge in [0.25, 0.3) is 5.91 Å². The smallest absolute Gasteiger partial charge is 0.307 e. The third kappa shape index (κ3) is 5.89. The van der Waals surface area contributed by atoms with Crippen LogP contribution < -0.4 is 9.62 Å². The minimum atomic E-state index is -3.77. The summed E-state index contributed by atoms with van der Waals surface area (Å²) in [5.41, 5.74) is 0. The monoisotopic (exact) mass is 482 g/mol. The minimum Gasteiger partial charge on any atom is -0.456 e. The van der Waals surface area contributed by atoms with Crippen molar-refractivity contribution >= 4 is 38.5 Å². The maximum Gasteiger partial charge on any atom is 0.307 e. The first-order valence-corrected chi connectivity index (χ1v) is 12.5. The van der Waals surface area contributed by atoms with Gasteiger partial charge in [-0.25, -0.2) is 18.1 Å². The lowest BCUT2D eigenvalue weighted by Crippen LogP contribution is -2.50. The number of carbonyl (C=O) groups excluding carboxylic acids is 2. The fourth-order valence-electron chi connectivity index (χ4n) is 3.74. The van der Waals surface area contributed by atoms with Gasteiger partial charge in [-0.1, -0.05) is 36.4 Å². The van der Waals surface area contributed by atoms with E-state index in [9.17, 15) is 18.0 Å². The first kappa shape index (κ1) is 23.7. The van der Waals surface area contributed by atoms with Crippen LogP contribution in [0.4, 0.5) is 5.82 Å². The Morgan fingerprint density at radius 1 is 0.941 bits per heavy atom. The van der Waals surface area contributed by atoms with Crippen LogP contribution in [0.15, 0.2) is 71.8 Å². The number of benzene rings is 2. The number of hydrogen-bond acceptors (Lipinski definition) is 7. The second-order valence-electron chi connectivity index (χ2n) is 7.87. The van der Waals surface area contributed by atoms with Crippen LogP contribution >= 0.6 is 0 Å². The number of rotatable bonds is 8. The molecule has 0 spiro atoms. The first-order valence-electron chi connectivity index (χ1n) is 11.0. The predicted octanol–water partition coefficient (Wildman–Crippen LogP) is 1.80. The molecule has 1 aliphatic rings. The van der Waals surface area contributed by atoms with Gasteiger partial charge in [0.15, 0.2) is 6.61 Å². The number of sulfonamides is 1. The Morgan fingerprint density at radius 3 is 2.41 bits per heavy atom. The lowest BCUT2D eigenvalue weighted by Gasteiger charge is -2.35. The van der Waals surface area contributed by atoms with Crippen molar-refractivity contribution in [1.82, 2.24) is 14.6 Å². The van der Waals surface area contributed by atoms with Crippen molar-refractivity contribution in [2.24, 2.45) is 0 Å². The normalized spacial score (nSPS) is 14.2. The predicted molar refractivity (Wildman–Crippen MR) is 128 cm³/mol. The van der Waals surface area contributed by atoms with E-state index in [4.69, 9.17) is 4.74 Å². The van der Waals surface area contributed by atoms with Gasteiger partial charge in [0.2, 0.25) is 10.0 Å². The summed E-state index contributed by atoms with van der Waals surface area (Å²) in [5, 5.41) is 1.75. The number of carbonyl (C=O) groups is 2. The molecule has 1 saturated heterocycles. The molecular weight excluding hydrogens is 456 g/mol. The quantitative estimate of drug-likeness (QED) is 0.488. The fourth-order valence-corrected chi connectivity index (χ4v) is 4.80. The van der Waals surface area contributed by atoms with Crippen LogP contribution in [0.25, 0.3) is 10.8 Å². The molecule has 2 heterocycles. The van der Waals surface area contributed by atoms with E-state index in [0.717, 1.165) is 16.6 Å². The fraction of sp³-hybridized carbons (Fsp3) is 0.292. The highest BCUT2D eigenvalue weighted by Gasteiger charge is 2.23. The van der Waals surface area contributed by atoms with Crippen LogP contribution in [0.5, 0.6) is 0 Å². The number of fused-ring (bicyclic) bond motifs is 1. The van der Waals surface area contributed by atoms with Crippen molar-refractivity contribution in [3.8, 4) is 0 Å². The number of anilines is 1. The van der Waals surface area contributed by atoms with Gasteiger partial charge in [-0.15, -0.1) is 0 Å². The van der Waals surface area contributed by atoms with E-state index in [1.54, 1.807) is 23.2 Å². The second kappa shape index (κ2) is 10.6. The Bertz CT molecular complexity index is 1260. The number of pyridine rings is 1.